The Morgan fingerprint density at radius 3 is 2.61 bits per heavy atom. The van der Waals surface area contributed by atoms with Gasteiger partial charge >= 0.3 is 0 Å². The lowest BCUT2D eigenvalue weighted by molar-refractivity contribution is 0.181. The van der Waals surface area contributed by atoms with Gasteiger partial charge in [0.15, 0.2) is 0 Å². The Hall–Kier alpha value is -3.26. The molecule has 1 atom stereocenters. The summed E-state index contributed by atoms with van der Waals surface area (Å²) in [6, 6.07) is 12.5. The van der Waals surface area contributed by atoms with Crippen LogP contribution in [0.5, 0.6) is 0 Å². The SMILES string of the molecule is COCc1cc(NC(C)c2ccc(-n3nc(C)cc3C)cc2)n2ncnc2n1. The number of aromatic nitrogens is 6. The van der Waals surface area contributed by atoms with Crippen molar-refractivity contribution >= 4 is 11.6 Å². The molecule has 0 saturated heterocycles. The van der Waals surface area contributed by atoms with E-state index in [0.29, 0.717) is 12.4 Å². The molecule has 3 aromatic heterocycles. The largest absolute Gasteiger partial charge is 0.378 e. The number of hydrogen-bond acceptors (Lipinski definition) is 6. The van der Waals surface area contributed by atoms with Crippen LogP contribution in [-0.2, 0) is 11.3 Å². The highest BCUT2D eigenvalue weighted by atomic mass is 16.5. The molecule has 3 heterocycles. The van der Waals surface area contributed by atoms with Gasteiger partial charge in [0.2, 0.25) is 0 Å². The summed E-state index contributed by atoms with van der Waals surface area (Å²) in [5.74, 6) is 1.37. The predicted molar refractivity (Wildman–Crippen MR) is 107 cm³/mol. The van der Waals surface area contributed by atoms with Crippen molar-refractivity contribution < 1.29 is 4.74 Å². The Bertz CT molecular complexity index is 1100. The van der Waals surface area contributed by atoms with Gasteiger partial charge in [-0.3, -0.25) is 0 Å². The Morgan fingerprint density at radius 1 is 1.14 bits per heavy atom. The third-order valence-electron chi connectivity index (χ3n) is 4.61. The summed E-state index contributed by atoms with van der Waals surface area (Å²) in [4.78, 5) is 8.63. The molecule has 0 aliphatic rings. The topological polar surface area (TPSA) is 82.2 Å². The van der Waals surface area contributed by atoms with E-state index in [9.17, 15) is 0 Å². The van der Waals surface area contributed by atoms with Gasteiger partial charge in [-0.25, -0.2) is 9.67 Å². The summed E-state index contributed by atoms with van der Waals surface area (Å²) in [7, 11) is 1.65. The normalized spacial score (nSPS) is 12.4. The number of rotatable bonds is 6. The molecule has 8 heteroatoms. The van der Waals surface area contributed by atoms with Crippen LogP contribution in [-0.4, -0.2) is 36.5 Å². The van der Waals surface area contributed by atoms with Crippen molar-refractivity contribution in [3.8, 4) is 5.69 Å². The van der Waals surface area contributed by atoms with Crippen LogP contribution in [0.4, 0.5) is 5.82 Å². The molecular formula is C20H23N7O. The maximum Gasteiger partial charge on any atom is 0.254 e. The van der Waals surface area contributed by atoms with Crippen molar-refractivity contribution in [2.45, 2.75) is 33.4 Å². The Balaban J connectivity index is 1.58. The zero-order valence-electron chi connectivity index (χ0n) is 16.4. The number of ether oxygens (including phenoxy) is 1. The first kappa shape index (κ1) is 18.1. The number of hydrogen-bond donors (Lipinski definition) is 1. The van der Waals surface area contributed by atoms with Gasteiger partial charge in [-0.2, -0.15) is 19.7 Å². The van der Waals surface area contributed by atoms with E-state index in [-0.39, 0.29) is 6.04 Å². The molecule has 4 aromatic rings. The monoisotopic (exact) mass is 377 g/mol. The second kappa shape index (κ2) is 7.40. The average molecular weight is 377 g/mol. The molecule has 0 amide bonds. The summed E-state index contributed by atoms with van der Waals surface area (Å²) in [5.41, 5.74) is 5.14. The smallest absolute Gasteiger partial charge is 0.254 e. The number of nitrogens with zero attached hydrogens (tertiary/aromatic N) is 6. The zero-order chi connectivity index (χ0) is 19.7. The van der Waals surface area contributed by atoms with E-state index >= 15 is 0 Å². The second-order valence-electron chi connectivity index (χ2n) is 6.83. The summed E-state index contributed by atoms with van der Waals surface area (Å²) in [6.45, 7) is 6.59. The fourth-order valence-electron chi connectivity index (χ4n) is 3.29. The first-order valence-electron chi connectivity index (χ1n) is 9.14. The Morgan fingerprint density at radius 2 is 1.93 bits per heavy atom. The maximum absolute atomic E-state index is 5.21. The minimum absolute atomic E-state index is 0.0692. The molecule has 144 valence electrons. The number of aryl methyl sites for hydroxylation is 2. The first-order valence-corrected chi connectivity index (χ1v) is 9.14. The molecule has 0 fully saturated rings. The molecule has 8 nitrogen and oxygen atoms in total. The van der Waals surface area contributed by atoms with Crippen LogP contribution in [0, 0.1) is 13.8 Å². The van der Waals surface area contributed by atoms with Gasteiger partial charge < -0.3 is 10.1 Å². The fourth-order valence-corrected chi connectivity index (χ4v) is 3.29. The Labute approximate surface area is 163 Å². The van der Waals surface area contributed by atoms with Gasteiger partial charge in [0.05, 0.1) is 23.7 Å². The standard InChI is InChI=1S/C20H23N7O/c1-13-9-14(2)26(25-13)18-7-5-16(6-8-18)15(3)23-19-10-17(11-28-4)24-20-21-12-22-27(19)20/h5-10,12,15,23H,11H2,1-4H3. The maximum atomic E-state index is 5.21. The number of nitrogens with one attached hydrogen (secondary N) is 1. The number of methoxy groups -OCH3 is 1. The minimum Gasteiger partial charge on any atom is -0.378 e. The van der Waals surface area contributed by atoms with Crippen molar-refractivity contribution in [3.63, 3.8) is 0 Å². The van der Waals surface area contributed by atoms with Gasteiger partial charge in [-0.1, -0.05) is 12.1 Å². The highest BCUT2D eigenvalue weighted by Gasteiger charge is 2.12. The Kier molecular flexibility index (Phi) is 4.79. The summed E-state index contributed by atoms with van der Waals surface area (Å²) in [6.07, 6.45) is 1.50. The molecule has 28 heavy (non-hydrogen) atoms. The van der Waals surface area contributed by atoms with Gasteiger partial charge in [0, 0.05) is 24.9 Å². The van der Waals surface area contributed by atoms with Crippen LogP contribution in [0.25, 0.3) is 11.5 Å². The molecule has 4 rings (SSSR count). The van der Waals surface area contributed by atoms with Gasteiger partial charge in [0.1, 0.15) is 12.1 Å². The van der Waals surface area contributed by atoms with E-state index in [1.54, 1.807) is 11.6 Å². The first-order chi connectivity index (χ1) is 13.5. The highest BCUT2D eigenvalue weighted by molar-refractivity contribution is 5.47. The van der Waals surface area contributed by atoms with Crippen LogP contribution in [0.3, 0.4) is 0 Å². The molecule has 0 radical (unpaired) electrons. The summed E-state index contributed by atoms with van der Waals surface area (Å²) in [5, 5.41) is 12.3. The second-order valence-corrected chi connectivity index (χ2v) is 6.83. The number of fused-ring (bicyclic) bond motifs is 1. The lowest BCUT2D eigenvalue weighted by Crippen LogP contribution is -2.12. The quantitative estimate of drug-likeness (QED) is 0.555. The van der Waals surface area contributed by atoms with Crippen molar-refractivity contribution in [2.24, 2.45) is 0 Å². The molecular weight excluding hydrogens is 354 g/mol. The van der Waals surface area contributed by atoms with Gasteiger partial charge in [-0.05, 0) is 44.5 Å². The molecule has 0 saturated carbocycles. The van der Waals surface area contributed by atoms with Crippen LogP contribution < -0.4 is 5.32 Å². The van der Waals surface area contributed by atoms with Crippen molar-refractivity contribution in [2.75, 3.05) is 12.4 Å². The number of benzene rings is 1. The molecule has 1 aromatic carbocycles. The van der Waals surface area contributed by atoms with Crippen LogP contribution in [0.2, 0.25) is 0 Å². The molecule has 0 aliphatic heterocycles. The molecule has 1 unspecified atom stereocenters. The van der Waals surface area contributed by atoms with Gasteiger partial charge in [0.25, 0.3) is 5.78 Å². The van der Waals surface area contributed by atoms with Crippen LogP contribution >= 0.6 is 0 Å². The lowest BCUT2D eigenvalue weighted by atomic mass is 10.1. The third-order valence-corrected chi connectivity index (χ3v) is 4.61. The summed E-state index contributed by atoms with van der Waals surface area (Å²) >= 11 is 0. The van der Waals surface area contributed by atoms with E-state index in [1.807, 2.05) is 17.7 Å². The molecule has 0 bridgehead atoms. The zero-order valence-corrected chi connectivity index (χ0v) is 16.4. The van der Waals surface area contributed by atoms with Crippen molar-refractivity contribution in [3.05, 3.63) is 65.4 Å². The minimum atomic E-state index is 0.0692. The predicted octanol–water partition coefficient (Wildman–Crippen LogP) is 3.25. The van der Waals surface area contributed by atoms with E-state index in [0.717, 1.165) is 34.2 Å². The fraction of sp³-hybridized carbons (Fsp3) is 0.300. The van der Waals surface area contributed by atoms with E-state index < -0.39 is 0 Å². The summed E-state index contributed by atoms with van der Waals surface area (Å²) < 4.78 is 8.86. The average Bonchev–Trinajstić information content (AvgIpc) is 3.28. The molecule has 1 N–H and O–H groups in total. The van der Waals surface area contributed by atoms with Crippen LogP contribution in [0.15, 0.2) is 42.7 Å². The third kappa shape index (κ3) is 3.46. The van der Waals surface area contributed by atoms with E-state index in [2.05, 4.69) is 69.7 Å². The van der Waals surface area contributed by atoms with Crippen molar-refractivity contribution in [1.29, 1.82) is 0 Å². The number of anilines is 1. The van der Waals surface area contributed by atoms with E-state index in [4.69, 9.17) is 4.74 Å². The molecule has 0 aliphatic carbocycles. The van der Waals surface area contributed by atoms with E-state index in [1.165, 1.54) is 6.33 Å². The highest BCUT2D eigenvalue weighted by Crippen LogP contribution is 2.22. The van der Waals surface area contributed by atoms with Crippen LogP contribution in [0.1, 0.15) is 35.6 Å². The van der Waals surface area contributed by atoms with Gasteiger partial charge in [-0.15, -0.1) is 0 Å². The van der Waals surface area contributed by atoms with Crippen molar-refractivity contribution in [1.82, 2.24) is 29.4 Å². The lowest BCUT2D eigenvalue weighted by Gasteiger charge is -2.17. The molecule has 0 spiro atoms.